The van der Waals surface area contributed by atoms with Crippen LogP contribution in [0.3, 0.4) is 0 Å². The monoisotopic (exact) mass is 214 g/mol. The van der Waals surface area contributed by atoms with Crippen molar-refractivity contribution in [3.05, 3.63) is 23.8 Å². The van der Waals surface area contributed by atoms with Crippen LogP contribution in [-0.2, 0) is 10.0 Å². The van der Waals surface area contributed by atoms with Gasteiger partial charge < -0.3 is 11.6 Å². The van der Waals surface area contributed by atoms with Crippen LogP contribution in [0.5, 0.6) is 0 Å². The molecule has 0 aliphatic carbocycles. The van der Waals surface area contributed by atoms with Gasteiger partial charge in [0.1, 0.15) is 0 Å². The Morgan fingerprint density at radius 2 is 2.00 bits per heavy atom. The fraction of sp³-hybridized carbons (Fsp3) is 0. The maximum Gasteiger partial charge on any atom is 0.238 e. The number of benzene rings is 1. The molecule has 0 aliphatic rings. The molecule has 0 amide bonds. The van der Waals surface area contributed by atoms with Gasteiger partial charge in [-0.1, -0.05) is 0 Å². The molecule has 6 nitrogen and oxygen atoms in total. The average Bonchev–Trinajstić information content (AvgIpc) is 2.07. The number of nitrogen functional groups attached to an aromatic ring is 1. The summed E-state index contributed by atoms with van der Waals surface area (Å²) in [6, 6.07) is 4.27. The van der Waals surface area contributed by atoms with E-state index in [-0.39, 0.29) is 4.90 Å². The van der Waals surface area contributed by atoms with E-state index in [0.29, 0.717) is 11.3 Å². The van der Waals surface area contributed by atoms with E-state index >= 15 is 0 Å². The molecule has 1 aromatic carbocycles. The van der Waals surface area contributed by atoms with E-state index in [1.165, 1.54) is 24.4 Å². The van der Waals surface area contributed by atoms with Gasteiger partial charge in [-0.05, 0) is 18.2 Å². The van der Waals surface area contributed by atoms with E-state index in [1.54, 1.807) is 0 Å². The molecule has 0 aliphatic heterocycles. The van der Waals surface area contributed by atoms with Crippen LogP contribution in [0.25, 0.3) is 0 Å². The summed E-state index contributed by atoms with van der Waals surface area (Å²) in [7, 11) is -3.80. The van der Waals surface area contributed by atoms with Gasteiger partial charge in [-0.3, -0.25) is 0 Å². The fourth-order valence-electron chi connectivity index (χ4n) is 0.984. The molecule has 0 saturated heterocycles. The van der Waals surface area contributed by atoms with Crippen molar-refractivity contribution in [1.82, 2.24) is 0 Å². The molecule has 0 bridgehead atoms. The van der Waals surface area contributed by atoms with Gasteiger partial charge in [0.2, 0.25) is 10.0 Å². The highest BCUT2D eigenvalue weighted by Gasteiger charge is 2.12. The fourth-order valence-corrected chi connectivity index (χ4v) is 1.73. The van der Waals surface area contributed by atoms with Crippen molar-refractivity contribution in [3.63, 3.8) is 0 Å². The van der Waals surface area contributed by atoms with Crippen LogP contribution in [0, 0.1) is 0 Å². The van der Waals surface area contributed by atoms with Gasteiger partial charge >= 0.3 is 0 Å². The number of rotatable bonds is 2. The van der Waals surface area contributed by atoms with E-state index in [4.69, 9.17) is 16.7 Å². The Balaban J connectivity index is 3.45. The molecule has 0 spiro atoms. The van der Waals surface area contributed by atoms with Crippen molar-refractivity contribution in [2.24, 2.45) is 16.1 Å². The molecule has 0 aromatic heterocycles. The minimum atomic E-state index is -3.80. The molecule has 14 heavy (non-hydrogen) atoms. The van der Waals surface area contributed by atoms with Crippen LogP contribution in [0.15, 0.2) is 28.2 Å². The summed E-state index contributed by atoms with van der Waals surface area (Å²) in [6.07, 6.45) is 1.19. The van der Waals surface area contributed by atoms with E-state index in [2.05, 4.69) is 5.10 Å². The molecule has 0 radical (unpaired) electrons. The van der Waals surface area contributed by atoms with Gasteiger partial charge in [0.15, 0.2) is 0 Å². The third kappa shape index (κ3) is 2.21. The zero-order chi connectivity index (χ0) is 10.8. The summed E-state index contributed by atoms with van der Waals surface area (Å²) in [6.45, 7) is 0. The Morgan fingerprint density at radius 1 is 1.36 bits per heavy atom. The number of hydrogen-bond donors (Lipinski definition) is 3. The van der Waals surface area contributed by atoms with Crippen LogP contribution in [0.1, 0.15) is 5.56 Å². The van der Waals surface area contributed by atoms with E-state index in [0.717, 1.165) is 0 Å². The number of hydrogen-bond acceptors (Lipinski definition) is 5. The maximum atomic E-state index is 11.1. The average molecular weight is 214 g/mol. The van der Waals surface area contributed by atoms with Gasteiger partial charge in [0, 0.05) is 11.3 Å². The zero-order valence-corrected chi connectivity index (χ0v) is 8.03. The number of sulfonamides is 1. The Hall–Kier alpha value is -1.60. The predicted molar refractivity (Wildman–Crippen MR) is 54.0 cm³/mol. The predicted octanol–water partition coefficient (Wildman–Crippen LogP) is -0.791. The third-order valence-corrected chi connectivity index (χ3v) is 2.52. The molecule has 0 unspecified atom stereocenters. The highest BCUT2D eigenvalue weighted by Crippen LogP contribution is 2.15. The molecule has 0 atom stereocenters. The lowest BCUT2D eigenvalue weighted by molar-refractivity contribution is 0.597. The first-order chi connectivity index (χ1) is 6.45. The van der Waals surface area contributed by atoms with Gasteiger partial charge in [0.25, 0.3) is 0 Å². The van der Waals surface area contributed by atoms with Gasteiger partial charge in [-0.2, -0.15) is 5.10 Å². The molecule has 7 heteroatoms. The second-order valence-corrected chi connectivity index (χ2v) is 4.15. The summed E-state index contributed by atoms with van der Waals surface area (Å²) in [5.41, 5.74) is 6.04. The Bertz CT molecular complexity index is 467. The molecule has 0 fully saturated rings. The maximum absolute atomic E-state index is 11.1. The highest BCUT2D eigenvalue weighted by atomic mass is 32.2. The topological polar surface area (TPSA) is 125 Å². The number of hydrazone groups is 1. The van der Waals surface area contributed by atoms with E-state index in [9.17, 15) is 8.42 Å². The standard InChI is InChI=1S/C7H10N4O2S/c8-6-2-1-5(4-11-9)7(3-6)14(10,12)13/h1-4H,8-9H2,(H2,10,12,13)/b11-4+. The second-order valence-electron chi connectivity index (χ2n) is 2.62. The van der Waals surface area contributed by atoms with Crippen LogP contribution >= 0.6 is 0 Å². The summed E-state index contributed by atoms with van der Waals surface area (Å²) in [5.74, 6) is 4.91. The second kappa shape index (κ2) is 3.64. The molecule has 76 valence electrons. The largest absolute Gasteiger partial charge is 0.399 e. The van der Waals surface area contributed by atoms with Crippen molar-refractivity contribution in [3.8, 4) is 0 Å². The minimum Gasteiger partial charge on any atom is -0.399 e. The lowest BCUT2D eigenvalue weighted by Crippen LogP contribution is -2.15. The smallest absolute Gasteiger partial charge is 0.238 e. The van der Waals surface area contributed by atoms with Crippen molar-refractivity contribution in [1.29, 1.82) is 0 Å². The molecule has 1 rings (SSSR count). The van der Waals surface area contributed by atoms with Crippen molar-refractivity contribution < 1.29 is 8.42 Å². The number of primary sulfonamides is 1. The van der Waals surface area contributed by atoms with E-state index < -0.39 is 10.0 Å². The summed E-state index contributed by atoms with van der Waals surface area (Å²) in [5, 5.41) is 8.19. The van der Waals surface area contributed by atoms with Crippen molar-refractivity contribution >= 4 is 21.9 Å². The normalized spacial score (nSPS) is 12.1. The quantitative estimate of drug-likeness (QED) is 0.258. The first-order valence-corrected chi connectivity index (χ1v) is 5.15. The van der Waals surface area contributed by atoms with Crippen LogP contribution in [0.4, 0.5) is 5.69 Å². The lowest BCUT2D eigenvalue weighted by Gasteiger charge is -2.03. The van der Waals surface area contributed by atoms with Crippen molar-refractivity contribution in [2.75, 3.05) is 5.73 Å². The minimum absolute atomic E-state index is 0.0910. The Labute approximate surface area is 81.4 Å². The molecule has 6 N–H and O–H groups in total. The summed E-state index contributed by atoms with van der Waals surface area (Å²) < 4.78 is 22.2. The number of nitrogens with zero attached hydrogens (tertiary/aromatic N) is 1. The summed E-state index contributed by atoms with van der Waals surface area (Å²) in [4.78, 5) is -0.0910. The third-order valence-electron chi connectivity index (χ3n) is 1.56. The van der Waals surface area contributed by atoms with Crippen LogP contribution in [-0.4, -0.2) is 14.6 Å². The number of anilines is 1. The Morgan fingerprint density at radius 3 is 2.50 bits per heavy atom. The molecular weight excluding hydrogens is 204 g/mol. The summed E-state index contributed by atoms with van der Waals surface area (Å²) >= 11 is 0. The molecule has 0 heterocycles. The molecular formula is C7H10N4O2S. The van der Waals surface area contributed by atoms with Gasteiger partial charge in [-0.15, -0.1) is 0 Å². The highest BCUT2D eigenvalue weighted by molar-refractivity contribution is 7.89. The SMILES string of the molecule is N/N=C/c1ccc(N)cc1S(N)(=O)=O. The Kier molecular flexibility index (Phi) is 2.73. The molecule has 1 aromatic rings. The van der Waals surface area contributed by atoms with Gasteiger partial charge in [0.05, 0.1) is 11.1 Å². The van der Waals surface area contributed by atoms with E-state index in [1.807, 2.05) is 0 Å². The first-order valence-electron chi connectivity index (χ1n) is 3.60. The lowest BCUT2D eigenvalue weighted by atomic mass is 10.2. The van der Waals surface area contributed by atoms with Crippen molar-refractivity contribution in [2.45, 2.75) is 4.90 Å². The number of nitrogens with two attached hydrogens (primary N) is 3. The zero-order valence-electron chi connectivity index (χ0n) is 7.21. The molecule has 0 saturated carbocycles. The van der Waals surface area contributed by atoms with Crippen LogP contribution in [0.2, 0.25) is 0 Å². The van der Waals surface area contributed by atoms with Crippen LogP contribution < -0.4 is 16.7 Å². The van der Waals surface area contributed by atoms with Gasteiger partial charge in [-0.25, -0.2) is 13.6 Å². The first kappa shape index (κ1) is 10.5.